The van der Waals surface area contributed by atoms with Crippen LogP contribution >= 0.6 is 0 Å². The van der Waals surface area contributed by atoms with Gasteiger partial charge in [0.25, 0.3) is 0 Å². The Balaban J connectivity index is 2.53. The molecule has 0 unspecified atom stereocenters. The number of carbonyl (C=O) groups excluding carboxylic acids is 2. The lowest BCUT2D eigenvalue weighted by molar-refractivity contribution is -0.141. The van der Waals surface area contributed by atoms with E-state index in [-0.39, 0.29) is 18.7 Å². The first-order valence-electron chi connectivity index (χ1n) is 5.03. The van der Waals surface area contributed by atoms with Crippen molar-refractivity contribution in [1.82, 2.24) is 4.98 Å². The van der Waals surface area contributed by atoms with Crippen LogP contribution < -0.4 is 10.1 Å². The van der Waals surface area contributed by atoms with E-state index in [1.165, 1.54) is 14.2 Å². The predicted octanol–water partition coefficient (Wildman–Crippen LogP) is 0.982. The number of ether oxygens (including phenoxy) is 2. The predicted molar refractivity (Wildman–Crippen MR) is 60.7 cm³/mol. The Kier molecular flexibility index (Phi) is 4.93. The van der Waals surface area contributed by atoms with Gasteiger partial charge in [0.05, 0.1) is 20.6 Å². The van der Waals surface area contributed by atoms with E-state index >= 15 is 0 Å². The number of aromatic nitrogens is 1. The van der Waals surface area contributed by atoms with Crippen molar-refractivity contribution < 1.29 is 19.1 Å². The fourth-order valence-electron chi connectivity index (χ4n) is 1.16. The minimum absolute atomic E-state index is 0.0392. The summed E-state index contributed by atoms with van der Waals surface area (Å²) in [7, 11) is 2.77. The van der Waals surface area contributed by atoms with Crippen molar-refractivity contribution in [3.63, 3.8) is 0 Å². The fourth-order valence-corrected chi connectivity index (χ4v) is 1.16. The van der Waals surface area contributed by atoms with E-state index in [0.717, 1.165) is 0 Å². The first-order valence-corrected chi connectivity index (χ1v) is 5.03. The van der Waals surface area contributed by atoms with Crippen molar-refractivity contribution in [3.8, 4) is 5.75 Å². The van der Waals surface area contributed by atoms with Gasteiger partial charge in [-0.25, -0.2) is 4.98 Å². The van der Waals surface area contributed by atoms with Crippen LogP contribution in [0.3, 0.4) is 0 Å². The highest BCUT2D eigenvalue weighted by Gasteiger charge is 2.10. The maximum Gasteiger partial charge on any atom is 0.306 e. The third-order valence-electron chi connectivity index (χ3n) is 2.03. The number of nitrogens with zero attached hydrogens (tertiary/aromatic N) is 1. The highest BCUT2D eigenvalue weighted by Crippen LogP contribution is 2.20. The van der Waals surface area contributed by atoms with E-state index in [2.05, 4.69) is 15.0 Å². The summed E-state index contributed by atoms with van der Waals surface area (Å²) < 4.78 is 9.46. The van der Waals surface area contributed by atoms with Gasteiger partial charge < -0.3 is 14.8 Å². The second-order valence-corrected chi connectivity index (χ2v) is 3.18. The molecule has 0 fully saturated rings. The molecular formula is C11H14N2O4. The van der Waals surface area contributed by atoms with Crippen molar-refractivity contribution >= 4 is 17.7 Å². The van der Waals surface area contributed by atoms with Gasteiger partial charge in [-0.2, -0.15) is 0 Å². The van der Waals surface area contributed by atoms with Gasteiger partial charge in [-0.05, 0) is 12.1 Å². The van der Waals surface area contributed by atoms with Gasteiger partial charge in [0, 0.05) is 12.6 Å². The number of pyridine rings is 1. The molecule has 1 aromatic rings. The zero-order valence-electron chi connectivity index (χ0n) is 9.73. The summed E-state index contributed by atoms with van der Waals surface area (Å²) in [5.74, 6) is 0.0734. The molecule has 1 aromatic heterocycles. The van der Waals surface area contributed by atoms with E-state index in [9.17, 15) is 9.59 Å². The lowest BCUT2D eigenvalue weighted by Gasteiger charge is -2.07. The molecule has 6 heteroatoms. The molecule has 0 saturated carbocycles. The molecule has 0 radical (unpaired) electrons. The molecule has 0 atom stereocenters. The third-order valence-corrected chi connectivity index (χ3v) is 2.03. The Morgan fingerprint density at radius 2 is 2.12 bits per heavy atom. The number of carbonyl (C=O) groups is 2. The van der Waals surface area contributed by atoms with Crippen LogP contribution in [-0.2, 0) is 14.3 Å². The largest absolute Gasteiger partial charge is 0.493 e. The van der Waals surface area contributed by atoms with Crippen LogP contribution in [0.1, 0.15) is 12.8 Å². The Bertz CT molecular complexity index is 406. The van der Waals surface area contributed by atoms with Crippen molar-refractivity contribution in [2.75, 3.05) is 19.5 Å². The van der Waals surface area contributed by atoms with Gasteiger partial charge >= 0.3 is 5.97 Å². The molecule has 1 rings (SSSR count). The van der Waals surface area contributed by atoms with Crippen molar-refractivity contribution in [2.45, 2.75) is 12.8 Å². The zero-order valence-corrected chi connectivity index (χ0v) is 9.73. The van der Waals surface area contributed by atoms with E-state index in [4.69, 9.17) is 4.74 Å². The molecule has 6 nitrogen and oxygen atoms in total. The SMILES string of the molecule is COC(=O)CCC(=O)Nc1ncccc1OC. The minimum Gasteiger partial charge on any atom is -0.493 e. The number of nitrogens with one attached hydrogen (secondary N) is 1. The van der Waals surface area contributed by atoms with Crippen LogP contribution in [0.25, 0.3) is 0 Å². The zero-order chi connectivity index (χ0) is 12.7. The fraction of sp³-hybridized carbons (Fsp3) is 0.364. The number of rotatable bonds is 5. The number of hydrogen-bond donors (Lipinski definition) is 1. The van der Waals surface area contributed by atoms with Gasteiger partial charge in [0.15, 0.2) is 11.6 Å². The van der Waals surface area contributed by atoms with Crippen LogP contribution in [0.5, 0.6) is 5.75 Å². The van der Waals surface area contributed by atoms with Gasteiger partial charge in [-0.1, -0.05) is 0 Å². The number of anilines is 1. The van der Waals surface area contributed by atoms with Crippen LogP contribution in [0.4, 0.5) is 5.82 Å². The van der Waals surface area contributed by atoms with Crippen molar-refractivity contribution in [1.29, 1.82) is 0 Å². The lowest BCUT2D eigenvalue weighted by atomic mass is 10.3. The average molecular weight is 238 g/mol. The molecule has 1 amide bonds. The van der Waals surface area contributed by atoms with Crippen LogP contribution in [0, 0.1) is 0 Å². The summed E-state index contributed by atoms with van der Waals surface area (Å²) in [6.45, 7) is 0. The van der Waals surface area contributed by atoms with E-state index < -0.39 is 5.97 Å². The van der Waals surface area contributed by atoms with Crippen LogP contribution in [0.2, 0.25) is 0 Å². The Morgan fingerprint density at radius 1 is 1.35 bits per heavy atom. The van der Waals surface area contributed by atoms with Gasteiger partial charge in [0.1, 0.15) is 0 Å². The highest BCUT2D eigenvalue weighted by molar-refractivity contribution is 5.92. The topological polar surface area (TPSA) is 77.5 Å². The third kappa shape index (κ3) is 4.10. The summed E-state index contributed by atoms with van der Waals surface area (Å²) in [5.41, 5.74) is 0. The maximum absolute atomic E-state index is 11.5. The molecule has 92 valence electrons. The Morgan fingerprint density at radius 3 is 2.76 bits per heavy atom. The lowest BCUT2D eigenvalue weighted by Crippen LogP contribution is -2.15. The van der Waals surface area contributed by atoms with E-state index in [1.54, 1.807) is 18.3 Å². The summed E-state index contributed by atoms with van der Waals surface area (Å²) in [6.07, 6.45) is 1.63. The molecule has 0 spiro atoms. The summed E-state index contributed by atoms with van der Waals surface area (Å²) in [4.78, 5) is 26.3. The number of hydrogen-bond acceptors (Lipinski definition) is 5. The standard InChI is InChI=1S/C11H14N2O4/c1-16-8-4-3-7-12-11(8)13-9(14)5-6-10(15)17-2/h3-4,7H,5-6H2,1-2H3,(H,12,13,14). The first-order chi connectivity index (χ1) is 8.17. The summed E-state index contributed by atoms with van der Waals surface area (Å²) in [6, 6.07) is 3.38. The average Bonchev–Trinajstić information content (AvgIpc) is 2.36. The van der Waals surface area contributed by atoms with Crippen LogP contribution in [0.15, 0.2) is 18.3 Å². The molecule has 0 bridgehead atoms. The molecule has 0 saturated heterocycles. The van der Waals surface area contributed by atoms with Gasteiger partial charge in [-0.3, -0.25) is 9.59 Å². The molecule has 0 aliphatic heterocycles. The van der Waals surface area contributed by atoms with E-state index in [0.29, 0.717) is 11.6 Å². The monoisotopic (exact) mass is 238 g/mol. The van der Waals surface area contributed by atoms with Gasteiger partial charge in [-0.15, -0.1) is 0 Å². The first kappa shape index (κ1) is 13.0. The Labute approximate surface area is 98.9 Å². The second kappa shape index (κ2) is 6.47. The molecular weight excluding hydrogens is 224 g/mol. The molecule has 1 N–H and O–H groups in total. The minimum atomic E-state index is -0.423. The summed E-state index contributed by atoms with van der Waals surface area (Å²) in [5, 5.41) is 2.56. The summed E-state index contributed by atoms with van der Waals surface area (Å²) >= 11 is 0. The normalized spacial score (nSPS) is 9.53. The Hall–Kier alpha value is -2.11. The maximum atomic E-state index is 11.5. The second-order valence-electron chi connectivity index (χ2n) is 3.18. The quantitative estimate of drug-likeness (QED) is 0.774. The van der Waals surface area contributed by atoms with Crippen LogP contribution in [-0.4, -0.2) is 31.1 Å². The molecule has 0 aliphatic rings. The smallest absolute Gasteiger partial charge is 0.306 e. The number of methoxy groups -OCH3 is 2. The number of esters is 1. The molecule has 0 aromatic carbocycles. The van der Waals surface area contributed by atoms with Gasteiger partial charge in [0.2, 0.25) is 5.91 Å². The van der Waals surface area contributed by atoms with Crippen molar-refractivity contribution in [3.05, 3.63) is 18.3 Å². The molecule has 0 aliphatic carbocycles. The van der Waals surface area contributed by atoms with Crippen molar-refractivity contribution in [2.24, 2.45) is 0 Å². The molecule has 1 heterocycles. The number of amides is 1. The highest BCUT2D eigenvalue weighted by atomic mass is 16.5. The van der Waals surface area contributed by atoms with E-state index in [1.807, 2.05) is 0 Å². The molecule has 17 heavy (non-hydrogen) atoms.